The normalized spacial score (nSPS) is 21.2. The van der Waals surface area contributed by atoms with E-state index in [4.69, 9.17) is 45.2 Å². The molecule has 8 rings (SSSR count). The van der Waals surface area contributed by atoms with E-state index in [1.54, 1.807) is 145 Å². The maximum Gasteiger partial charge on any atom is 0.212 e. The molecule has 0 aliphatic rings. The van der Waals surface area contributed by atoms with Gasteiger partial charge in [0.15, 0.2) is 24.8 Å². The van der Waals surface area contributed by atoms with Crippen molar-refractivity contribution >= 4 is 0 Å². The zero-order chi connectivity index (χ0) is 86.3. The van der Waals surface area contributed by atoms with Gasteiger partial charge in [0.25, 0.3) is 0 Å². The maximum absolute atomic E-state index is 8.49. The Morgan fingerprint density at radius 1 is 0.269 bits per heavy atom. The highest BCUT2D eigenvalue weighted by Gasteiger charge is 2.21. The predicted molar refractivity (Wildman–Crippen MR) is 335 cm³/mol. The van der Waals surface area contributed by atoms with Crippen LogP contribution in [0.4, 0.5) is 0 Å². The highest BCUT2D eigenvalue weighted by atomic mass is 14.9. The second kappa shape index (κ2) is 26.0. The van der Waals surface area contributed by atoms with E-state index in [0.29, 0.717) is 83.7 Å². The van der Waals surface area contributed by atoms with Gasteiger partial charge in [-0.05, 0) is 248 Å². The summed E-state index contributed by atoms with van der Waals surface area (Å²) in [6.45, 7) is -2.67. The average molecular weight is 1080 g/mol. The summed E-state index contributed by atoms with van der Waals surface area (Å²) in [6, 6.07) is 20.1. The Kier molecular flexibility index (Phi) is 10.0. The molecule has 0 saturated carbocycles. The molecule has 0 spiro atoms. The lowest BCUT2D eigenvalue weighted by atomic mass is 9.91. The van der Waals surface area contributed by atoms with Crippen LogP contribution in [0.2, 0.25) is 0 Å². The number of aryl methyl sites for hydroxylation is 21. The minimum atomic E-state index is -2.75. The van der Waals surface area contributed by atoms with Crippen molar-refractivity contribution in [2.45, 2.75) is 176 Å². The molecule has 0 bridgehead atoms. The summed E-state index contributed by atoms with van der Waals surface area (Å²) in [4.78, 5) is 0. The largest absolute Gasteiger partial charge is 0.212 e. The molecule has 3 atom stereocenters. The molecule has 4 nitrogen and oxygen atoms in total. The molecule has 0 fully saturated rings. The SMILES string of the molecule is [2H]C([2H])([2H])c1c[n+](C)c(-c2cc(C([2H])(C)C([2H])([2H])[2H])c(C([2H])([2H])[2H])cc2C)cc1C.[2H]C([2H])([2H])c1c[n+](C)c(-c2cc(C)c(C([2H])(C)C([2H])([2H])[2H])cc2C)cc1C.[2H]C([2H])([2H])c1cc(C)c(-c2cc(C([2H])(C)C([2H])([2H])[2H])c(C([2H])([2H])[2H])c[n+]2C)cc1C.[2H]C([2H])([2H])c1cc(C)c(-c2cc(C)c(C([2H])([2H])[2H])c[n+]2C)cc1C. The van der Waals surface area contributed by atoms with Crippen molar-refractivity contribution in [3.63, 3.8) is 0 Å². The molecule has 3 unspecified atom stereocenters. The van der Waals surface area contributed by atoms with E-state index in [1.165, 1.54) is 51.4 Å². The lowest BCUT2D eigenvalue weighted by Gasteiger charge is -2.14. The highest BCUT2D eigenvalue weighted by Crippen LogP contribution is 2.32. The lowest BCUT2D eigenvalue weighted by molar-refractivity contribution is -0.660. The van der Waals surface area contributed by atoms with Gasteiger partial charge in [0.1, 0.15) is 28.2 Å². The second-order valence-electron chi connectivity index (χ2n) is 20.7. The van der Waals surface area contributed by atoms with Gasteiger partial charge in [-0.2, -0.15) is 0 Å². The third-order valence-corrected chi connectivity index (χ3v) is 14.1. The lowest BCUT2D eigenvalue weighted by Crippen LogP contribution is -2.32. The van der Waals surface area contributed by atoms with Crippen molar-refractivity contribution in [1.82, 2.24) is 0 Å². The van der Waals surface area contributed by atoms with Gasteiger partial charge in [-0.1, -0.05) is 65.6 Å². The van der Waals surface area contributed by atoms with Gasteiger partial charge in [-0.25, -0.2) is 18.3 Å². The van der Waals surface area contributed by atoms with Crippen LogP contribution >= 0.6 is 0 Å². The molecule has 8 aromatic rings. The summed E-state index contributed by atoms with van der Waals surface area (Å²) >= 11 is 0. The molecule has 0 aliphatic carbocycles. The van der Waals surface area contributed by atoms with E-state index < -0.39 is 86.2 Å². The fourth-order valence-corrected chi connectivity index (χ4v) is 9.25. The quantitative estimate of drug-likeness (QED) is 0.141. The summed E-state index contributed by atoms with van der Waals surface area (Å²) in [5.41, 5.74) is 13.9. The zero-order valence-electron chi connectivity index (χ0n) is 81.5. The number of hydrogen-bond donors (Lipinski definition) is 0. The zero-order valence-corrected chi connectivity index (χ0v) is 48.5. The summed E-state index contributed by atoms with van der Waals surface area (Å²) in [6.07, 6.45) is 6.09. The molecule has 4 heterocycles. The highest BCUT2D eigenvalue weighted by molar-refractivity contribution is 5.67. The van der Waals surface area contributed by atoms with Crippen molar-refractivity contribution in [2.24, 2.45) is 28.2 Å². The Morgan fingerprint density at radius 3 is 0.897 bits per heavy atom. The Bertz CT molecular complexity index is 4570. The van der Waals surface area contributed by atoms with E-state index in [9.17, 15) is 0 Å². The first-order chi connectivity index (χ1) is 49.5. The van der Waals surface area contributed by atoms with Gasteiger partial charge >= 0.3 is 0 Å². The van der Waals surface area contributed by atoms with Crippen LogP contribution < -0.4 is 18.3 Å². The minimum absolute atomic E-state index is 0.0966. The van der Waals surface area contributed by atoms with Gasteiger partial charge in [0.2, 0.25) is 22.8 Å². The molecule has 78 heavy (non-hydrogen) atoms. The summed E-state index contributed by atoms with van der Waals surface area (Å²) in [7, 11) is 6.90. The minimum Gasteiger partial charge on any atom is -0.201 e. The van der Waals surface area contributed by atoms with Crippen LogP contribution in [-0.2, 0) is 28.2 Å². The number of pyridine rings is 4. The van der Waals surface area contributed by atoms with Crippen LogP contribution in [-0.4, -0.2) is 0 Å². The van der Waals surface area contributed by atoms with E-state index >= 15 is 0 Å². The Morgan fingerprint density at radius 2 is 0.538 bits per heavy atom. The molecule has 4 aromatic carbocycles. The third kappa shape index (κ3) is 14.6. The fourth-order valence-electron chi connectivity index (χ4n) is 9.25. The Balaban J connectivity index is 0.000000266. The van der Waals surface area contributed by atoms with Gasteiger partial charge in [-0.3, -0.25) is 0 Å². The first-order valence-electron chi connectivity index (χ1n) is 42.0. The molecule has 0 aliphatic heterocycles. The number of hydrogen-bond acceptors (Lipinski definition) is 0. The molecule has 4 heteroatoms. The van der Waals surface area contributed by atoms with Crippen LogP contribution in [0.3, 0.4) is 0 Å². The Labute approximate surface area is 521 Å². The molecule has 4 aromatic heterocycles. The van der Waals surface area contributed by atoms with E-state index in [1.807, 2.05) is 38.1 Å². The van der Waals surface area contributed by atoms with Gasteiger partial charge < -0.3 is 0 Å². The predicted octanol–water partition coefficient (Wildman–Crippen LogP) is 17.3. The molecular weight excluding hydrogens is 945 g/mol. The molecule has 0 saturated heterocycles. The van der Waals surface area contributed by atoms with Crippen LogP contribution in [0.5, 0.6) is 0 Å². The van der Waals surface area contributed by atoms with Crippen molar-refractivity contribution in [3.8, 4) is 45.0 Å². The van der Waals surface area contributed by atoms with E-state index in [2.05, 4.69) is 0 Å². The van der Waals surface area contributed by atoms with Crippen LogP contribution in [0, 0.1) is 117 Å². The smallest absolute Gasteiger partial charge is 0.201 e. The molecule has 0 N–H and O–H groups in total. The van der Waals surface area contributed by atoms with Gasteiger partial charge in [0.05, 0.1) is 0 Å². The average Bonchev–Trinajstić information content (AvgIpc) is 0.747. The van der Waals surface area contributed by atoms with Crippen molar-refractivity contribution in [2.75, 3.05) is 0 Å². The standard InChI is InChI=1S/3C19H26N.C17H22N/c1-12(2)17-8-15(5)18(9-14(17)4)19-10-13(3)16(6)11-20(19)7;1-12(2)17-10-18(15(5)8-14(17)4)19-9-13(3)16(6)11-20(19)7;1-12(2)17-10-19(20(7)11-16(17)6)18-9-14(4)13(3)8-15(18)5;1-11-7-14(4)16(8-12(11)2)17-9-13(3)15(5)10-18(17)6/h3*8-12H,1-7H3;7-10H,1-6H3/q4*+1/i1D3,6D3,12D;1D3,4D3,6D3,12D;1D3,3D3,6D3,12D;1D3,5D3. The van der Waals surface area contributed by atoms with E-state index in [-0.39, 0.29) is 33.4 Å². The molecular formula is C74H100N4+4. The molecule has 0 radical (unpaired) electrons. The van der Waals surface area contributed by atoms with Crippen molar-refractivity contribution < 1.29 is 63.5 Å². The fraction of sp³-hybridized carbons (Fsp3) is 0.405. The number of aromatic nitrogens is 4. The number of benzene rings is 4. The summed E-state index contributed by atoms with van der Waals surface area (Å²) in [5, 5.41) is 0. The van der Waals surface area contributed by atoms with Crippen LogP contribution in [0.25, 0.3) is 45.0 Å². The van der Waals surface area contributed by atoms with Crippen molar-refractivity contribution in [3.05, 3.63) is 209 Å². The first-order valence-corrected chi connectivity index (χ1v) is 25.5. The van der Waals surface area contributed by atoms with Gasteiger partial charge in [0, 0.05) is 114 Å². The van der Waals surface area contributed by atoms with Gasteiger partial charge in [-0.15, -0.1) is 0 Å². The summed E-state index contributed by atoms with van der Waals surface area (Å²) < 4.78 is 264. The monoisotopic (exact) mass is 1080 g/mol. The maximum atomic E-state index is 8.49. The molecule has 412 valence electrons. The molecule has 0 amide bonds. The van der Waals surface area contributed by atoms with Crippen LogP contribution in [0.1, 0.15) is 216 Å². The van der Waals surface area contributed by atoms with Crippen molar-refractivity contribution in [1.29, 1.82) is 0 Å². The summed E-state index contributed by atoms with van der Waals surface area (Å²) in [5.74, 6) is -6.00. The number of nitrogens with zero attached hydrogens (tertiary/aromatic N) is 4. The second-order valence-corrected chi connectivity index (χ2v) is 20.7. The third-order valence-electron chi connectivity index (χ3n) is 14.1. The van der Waals surface area contributed by atoms with Crippen LogP contribution in [0.15, 0.2) is 97.6 Å². The van der Waals surface area contributed by atoms with E-state index in [0.717, 1.165) is 39.2 Å². The Hall–Kier alpha value is -6.52. The number of rotatable bonds is 7. The topological polar surface area (TPSA) is 15.5 Å². The first kappa shape index (κ1) is 30.2.